The average molecular weight is 1090 g/mol. The zero-order chi connectivity index (χ0) is 56.3. The highest BCUT2D eigenvalue weighted by atomic mass is 16.5. The first kappa shape index (κ1) is 71.2. The van der Waals surface area contributed by atoms with E-state index in [1.807, 2.05) is 0 Å². The van der Waals surface area contributed by atoms with Gasteiger partial charge in [0.1, 0.15) is 43.8 Å². The highest BCUT2D eigenvalue weighted by molar-refractivity contribution is 5.86. The molecule has 2 atom stereocenters. The summed E-state index contributed by atoms with van der Waals surface area (Å²) in [7, 11) is 0. The van der Waals surface area contributed by atoms with Crippen molar-refractivity contribution < 1.29 is 101 Å². The van der Waals surface area contributed by atoms with E-state index in [0.717, 1.165) is 51.4 Å². The second-order valence-electron chi connectivity index (χ2n) is 18.1. The first-order valence-corrected chi connectivity index (χ1v) is 26.7. The van der Waals surface area contributed by atoms with Gasteiger partial charge in [-0.05, 0) is 39.0 Å². The normalized spacial score (nSPS) is 11.9. The molecule has 0 aliphatic heterocycles. The van der Waals surface area contributed by atoms with Crippen molar-refractivity contribution in [3.8, 4) is 0 Å². The maximum absolute atomic E-state index is 12.7. The Balaban J connectivity index is 3.81. The van der Waals surface area contributed by atoms with Gasteiger partial charge in [0.2, 0.25) is 17.7 Å². The van der Waals surface area contributed by atoms with Crippen LogP contribution in [0.2, 0.25) is 0 Å². The molecule has 438 valence electrons. The van der Waals surface area contributed by atoms with Crippen LogP contribution >= 0.6 is 0 Å². The third-order valence-corrected chi connectivity index (χ3v) is 11.2. The average Bonchev–Trinajstić information content (AvgIpc) is 3.37. The zero-order valence-corrected chi connectivity index (χ0v) is 44.9. The quantitative estimate of drug-likeness (QED) is 0.0477. The number of hydrogen-bond donors (Lipinski definition) is 6. The number of Topliss-reactive ketones (excluding diaryl/α,β-unsaturated/α-hetero) is 4. The second kappa shape index (κ2) is 51.0. The molecule has 0 rings (SSSR count). The van der Waals surface area contributed by atoms with Crippen LogP contribution in [0.5, 0.6) is 0 Å². The molecule has 76 heavy (non-hydrogen) atoms. The molecule has 0 aromatic rings. The fourth-order valence-electron chi connectivity index (χ4n) is 7.09. The van der Waals surface area contributed by atoms with Gasteiger partial charge in [-0.2, -0.15) is 0 Å². The van der Waals surface area contributed by atoms with Crippen LogP contribution in [0.1, 0.15) is 135 Å². The molecule has 24 nitrogen and oxygen atoms in total. The van der Waals surface area contributed by atoms with E-state index in [-0.39, 0.29) is 192 Å². The Bertz CT molecular complexity index is 1630. The van der Waals surface area contributed by atoms with Crippen LogP contribution in [0, 0.1) is 11.8 Å². The summed E-state index contributed by atoms with van der Waals surface area (Å²) < 4.78 is 42.3. The van der Waals surface area contributed by atoms with Crippen molar-refractivity contribution in [2.75, 3.05) is 125 Å². The van der Waals surface area contributed by atoms with Crippen LogP contribution in [0.15, 0.2) is 0 Å². The number of rotatable bonds is 58. The minimum absolute atomic E-state index is 0.0408. The van der Waals surface area contributed by atoms with Gasteiger partial charge in [-0.15, -0.1) is 0 Å². The molecule has 0 radical (unpaired) electrons. The number of unbranched alkanes of at least 4 members (excludes halogenated alkanes) is 9. The van der Waals surface area contributed by atoms with Crippen LogP contribution in [0.4, 0.5) is 0 Å². The molecule has 0 fully saturated rings. The molecule has 0 saturated carbocycles. The van der Waals surface area contributed by atoms with E-state index in [4.69, 9.17) is 43.0 Å². The van der Waals surface area contributed by atoms with Crippen molar-refractivity contribution in [1.82, 2.24) is 16.0 Å². The molecule has 0 aromatic carbocycles. The molecule has 6 N–H and O–H groups in total. The number of ketones is 4. The molecule has 0 aliphatic rings. The summed E-state index contributed by atoms with van der Waals surface area (Å²) in [5, 5.41) is 35.9. The maximum atomic E-state index is 12.7. The molecule has 0 heterocycles. The molecule has 0 aromatic heterocycles. The van der Waals surface area contributed by atoms with Gasteiger partial charge >= 0.3 is 17.9 Å². The highest BCUT2D eigenvalue weighted by Gasteiger charge is 2.26. The van der Waals surface area contributed by atoms with Crippen LogP contribution in [-0.4, -0.2) is 199 Å². The van der Waals surface area contributed by atoms with E-state index in [2.05, 4.69) is 16.0 Å². The lowest BCUT2D eigenvalue weighted by Crippen LogP contribution is -2.32. The molecule has 24 heteroatoms. The summed E-state index contributed by atoms with van der Waals surface area (Å²) in [6, 6.07) is 0. The highest BCUT2D eigenvalue weighted by Crippen LogP contribution is 2.20. The van der Waals surface area contributed by atoms with Crippen molar-refractivity contribution in [3.05, 3.63) is 0 Å². The number of carbonyl (C=O) groups excluding carboxylic acids is 7. The Kier molecular flexibility index (Phi) is 47.7. The number of hydrogen-bond acceptors (Lipinski definition) is 18. The third-order valence-electron chi connectivity index (χ3n) is 11.2. The van der Waals surface area contributed by atoms with E-state index in [0.29, 0.717) is 45.6 Å². The van der Waals surface area contributed by atoms with Gasteiger partial charge < -0.3 is 69.2 Å². The molecule has 3 amide bonds. The van der Waals surface area contributed by atoms with Crippen molar-refractivity contribution in [2.24, 2.45) is 11.8 Å². The smallest absolute Gasteiger partial charge is 0.306 e. The number of carboxylic acid groups (broad SMARTS) is 3. The Morgan fingerprint density at radius 3 is 1.04 bits per heavy atom. The predicted molar refractivity (Wildman–Crippen MR) is 274 cm³/mol. The predicted octanol–water partition coefficient (Wildman–Crippen LogP) is 3.05. The summed E-state index contributed by atoms with van der Waals surface area (Å²) in [6.45, 7) is 4.51. The fraction of sp³-hybridized carbons (Fsp3) is 0.808. The molecule has 0 unspecified atom stereocenters. The fourth-order valence-corrected chi connectivity index (χ4v) is 7.09. The van der Waals surface area contributed by atoms with Crippen molar-refractivity contribution in [2.45, 2.75) is 135 Å². The Hall–Kier alpha value is -4.82. The summed E-state index contributed by atoms with van der Waals surface area (Å²) >= 11 is 0. The lowest BCUT2D eigenvalue weighted by molar-refractivity contribution is -0.145. The number of ether oxygens (including phenoxy) is 8. The van der Waals surface area contributed by atoms with Gasteiger partial charge in [-0.3, -0.25) is 47.9 Å². The van der Waals surface area contributed by atoms with Gasteiger partial charge in [0.25, 0.3) is 0 Å². The van der Waals surface area contributed by atoms with Crippen LogP contribution in [0.25, 0.3) is 0 Å². The lowest BCUT2D eigenvalue weighted by atomic mass is 9.90. The minimum Gasteiger partial charge on any atom is -0.481 e. The number of amides is 3. The second-order valence-corrected chi connectivity index (χ2v) is 18.1. The van der Waals surface area contributed by atoms with E-state index in [9.17, 15) is 58.2 Å². The summed E-state index contributed by atoms with van der Waals surface area (Å²) in [6.07, 6.45) is 9.56. The van der Waals surface area contributed by atoms with Crippen molar-refractivity contribution in [1.29, 1.82) is 0 Å². The molecule has 0 bridgehead atoms. The van der Waals surface area contributed by atoms with Crippen LogP contribution < -0.4 is 16.0 Å². The minimum atomic E-state index is -1.22. The number of carbonyl (C=O) groups is 10. The topological polar surface area (TPSA) is 341 Å². The molecule has 0 saturated heterocycles. The van der Waals surface area contributed by atoms with E-state index < -0.39 is 35.5 Å². The molecular formula is C52H89N3O21. The lowest BCUT2D eigenvalue weighted by Gasteiger charge is -2.14. The summed E-state index contributed by atoms with van der Waals surface area (Å²) in [5.74, 6) is -7.15. The Morgan fingerprint density at radius 2 is 0.658 bits per heavy atom. The van der Waals surface area contributed by atoms with Crippen LogP contribution in [-0.2, 0) is 85.8 Å². The summed E-state index contributed by atoms with van der Waals surface area (Å²) in [4.78, 5) is 118. The summed E-state index contributed by atoms with van der Waals surface area (Å²) in [5.41, 5.74) is 0. The largest absolute Gasteiger partial charge is 0.481 e. The molecular weight excluding hydrogens is 1000 g/mol. The van der Waals surface area contributed by atoms with Gasteiger partial charge in [-0.25, -0.2) is 0 Å². The Labute approximate surface area is 447 Å². The van der Waals surface area contributed by atoms with E-state index in [1.54, 1.807) is 0 Å². The third kappa shape index (κ3) is 50.0. The van der Waals surface area contributed by atoms with E-state index in [1.165, 1.54) is 6.92 Å². The van der Waals surface area contributed by atoms with Crippen molar-refractivity contribution >= 4 is 58.8 Å². The van der Waals surface area contributed by atoms with Gasteiger partial charge in [0, 0.05) is 71.2 Å². The maximum Gasteiger partial charge on any atom is 0.306 e. The number of aliphatic carboxylic acids is 3. The van der Waals surface area contributed by atoms with Gasteiger partial charge in [-0.1, -0.05) is 51.4 Å². The SMILES string of the molecule is CC(=O)COCCOCCNC(=O)COCCOCCNC(=O)COCCOCCNC(=O)COCCOCCCC(=O)CC[C@H](CC(=O)CC[C@H](CC(=O)CCCCCCCCCCCCC(=O)O)C(=O)O)C(=O)O. The monoisotopic (exact) mass is 1090 g/mol. The van der Waals surface area contributed by atoms with Crippen LogP contribution in [0.3, 0.4) is 0 Å². The van der Waals surface area contributed by atoms with Gasteiger partial charge in [0.05, 0.1) is 84.5 Å². The molecule has 0 spiro atoms. The molecule has 0 aliphatic carbocycles. The first-order valence-electron chi connectivity index (χ1n) is 26.7. The van der Waals surface area contributed by atoms with Gasteiger partial charge in [0.15, 0.2) is 5.78 Å². The number of nitrogens with one attached hydrogen (secondary N) is 3. The standard InChI is InChI=1S/C52H89N3O21/c1-41(56)37-73-31-28-70-24-20-53-48(61)39-75-33-30-72-26-22-55-49(62)40-76-34-29-71-25-21-54-47(60)38-74-32-27-69-23-12-14-44(57)18-16-42(51(65)66)36-46(59)19-17-43(52(67)68)35-45(58)13-10-8-6-4-2-3-5-7-9-11-15-50(63)64/h42-43H,2-40H2,1H3,(H,53,61)(H,54,60)(H,55,62)(H,63,64)(H,65,66)(H,67,68)/t42-,43-/m1/s1. The van der Waals surface area contributed by atoms with Crippen molar-refractivity contribution in [3.63, 3.8) is 0 Å². The Morgan fingerprint density at radius 1 is 0.342 bits per heavy atom. The van der Waals surface area contributed by atoms with E-state index >= 15 is 0 Å². The number of carboxylic acids is 3. The zero-order valence-electron chi connectivity index (χ0n) is 44.9. The first-order chi connectivity index (χ1) is 36.6.